The van der Waals surface area contributed by atoms with E-state index in [4.69, 9.17) is 4.42 Å². The van der Waals surface area contributed by atoms with Gasteiger partial charge in [0.2, 0.25) is 0 Å². The minimum Gasteiger partial charge on any atom is -0.465 e. The zero-order chi connectivity index (χ0) is 18.8. The summed E-state index contributed by atoms with van der Waals surface area (Å²) >= 11 is 0. The lowest BCUT2D eigenvalue weighted by atomic mass is 9.93. The Hall–Kier alpha value is -2.63. The van der Waals surface area contributed by atoms with E-state index >= 15 is 0 Å². The quantitative estimate of drug-likeness (QED) is 0.898. The van der Waals surface area contributed by atoms with Gasteiger partial charge in [0, 0.05) is 38.7 Å². The zero-order valence-corrected chi connectivity index (χ0v) is 15.7. The van der Waals surface area contributed by atoms with Gasteiger partial charge in [-0.15, -0.1) is 0 Å². The van der Waals surface area contributed by atoms with Crippen LogP contribution in [0.1, 0.15) is 57.9 Å². The number of aryl methyl sites for hydroxylation is 2. The highest BCUT2D eigenvalue weighted by Gasteiger charge is 2.31. The number of ketones is 1. The van der Waals surface area contributed by atoms with E-state index in [0.29, 0.717) is 41.5 Å². The van der Waals surface area contributed by atoms with Crippen LogP contribution in [0.2, 0.25) is 0 Å². The van der Waals surface area contributed by atoms with Crippen molar-refractivity contribution in [1.29, 1.82) is 0 Å². The molecule has 6 heteroatoms. The molecule has 1 fully saturated rings. The number of anilines is 1. The first-order valence-electron chi connectivity index (χ1n) is 9.73. The minimum atomic E-state index is -0.192. The second kappa shape index (κ2) is 7.55. The van der Waals surface area contributed by atoms with Gasteiger partial charge in [0.25, 0.3) is 5.91 Å². The number of furan rings is 1. The summed E-state index contributed by atoms with van der Waals surface area (Å²) in [5, 5.41) is 3.04. The molecule has 0 radical (unpaired) electrons. The first-order chi connectivity index (χ1) is 13.1. The molecule has 1 atom stereocenters. The van der Waals surface area contributed by atoms with Crippen molar-refractivity contribution in [2.75, 3.05) is 24.5 Å². The Bertz CT molecular complexity index is 844. The molecule has 1 N–H and O–H groups in total. The summed E-state index contributed by atoms with van der Waals surface area (Å²) in [6.45, 7) is 4.22. The number of Topliss-reactive ketones (excluding diaryl/α,β-unsaturated/α-hetero) is 1. The minimum absolute atomic E-state index is 0.0252. The fourth-order valence-electron chi connectivity index (χ4n) is 4.19. The Morgan fingerprint density at radius 1 is 1.33 bits per heavy atom. The average Bonchev–Trinajstić information content (AvgIpc) is 3.04. The molecule has 1 aliphatic carbocycles. The van der Waals surface area contributed by atoms with Crippen molar-refractivity contribution in [3.05, 3.63) is 47.0 Å². The molecule has 4 rings (SSSR count). The summed E-state index contributed by atoms with van der Waals surface area (Å²) in [7, 11) is 0. The molecule has 0 spiro atoms. The fourth-order valence-corrected chi connectivity index (χ4v) is 4.19. The first kappa shape index (κ1) is 17.8. The summed E-state index contributed by atoms with van der Waals surface area (Å²) in [6.07, 6.45) is 5.99. The van der Waals surface area contributed by atoms with E-state index in [1.165, 1.54) is 0 Å². The monoisotopic (exact) mass is 367 g/mol. The normalized spacial score (nSPS) is 19.7. The van der Waals surface area contributed by atoms with Crippen LogP contribution in [-0.4, -0.2) is 36.3 Å². The molecule has 2 aromatic rings. The summed E-state index contributed by atoms with van der Waals surface area (Å²) < 4.78 is 5.70. The topological polar surface area (TPSA) is 75.4 Å². The number of rotatable bonds is 4. The van der Waals surface area contributed by atoms with Crippen LogP contribution in [0.3, 0.4) is 0 Å². The van der Waals surface area contributed by atoms with Crippen molar-refractivity contribution in [2.24, 2.45) is 5.92 Å². The number of amides is 1. The third kappa shape index (κ3) is 3.61. The number of carbonyl (C=O) groups is 2. The van der Waals surface area contributed by atoms with Crippen LogP contribution in [0.25, 0.3) is 0 Å². The van der Waals surface area contributed by atoms with Crippen LogP contribution in [0.4, 0.5) is 5.82 Å². The van der Waals surface area contributed by atoms with Gasteiger partial charge in [0.15, 0.2) is 5.78 Å². The molecule has 2 aromatic heterocycles. The summed E-state index contributed by atoms with van der Waals surface area (Å²) in [5.74, 6) is 2.40. The molecule has 0 aromatic carbocycles. The van der Waals surface area contributed by atoms with E-state index in [1.807, 2.05) is 24.4 Å². The van der Waals surface area contributed by atoms with Gasteiger partial charge >= 0.3 is 0 Å². The van der Waals surface area contributed by atoms with Crippen LogP contribution in [0, 0.1) is 12.8 Å². The van der Waals surface area contributed by atoms with Crippen molar-refractivity contribution in [1.82, 2.24) is 10.3 Å². The summed E-state index contributed by atoms with van der Waals surface area (Å²) in [6, 6.07) is 5.93. The molecule has 6 nitrogen and oxygen atoms in total. The van der Waals surface area contributed by atoms with E-state index in [1.54, 1.807) is 6.92 Å². The summed E-state index contributed by atoms with van der Waals surface area (Å²) in [4.78, 5) is 31.8. The number of pyridine rings is 1. The predicted octanol–water partition coefficient (Wildman–Crippen LogP) is 3.15. The van der Waals surface area contributed by atoms with Gasteiger partial charge in [-0.25, -0.2) is 4.98 Å². The van der Waals surface area contributed by atoms with Crippen molar-refractivity contribution in [3.63, 3.8) is 0 Å². The van der Waals surface area contributed by atoms with Gasteiger partial charge in [-0.3, -0.25) is 9.59 Å². The van der Waals surface area contributed by atoms with Crippen molar-refractivity contribution >= 4 is 17.5 Å². The number of hydrogen-bond donors (Lipinski definition) is 1. The number of aromatic nitrogens is 1. The predicted molar refractivity (Wildman–Crippen MR) is 102 cm³/mol. The van der Waals surface area contributed by atoms with Crippen molar-refractivity contribution in [2.45, 2.75) is 39.0 Å². The van der Waals surface area contributed by atoms with Gasteiger partial charge in [0.1, 0.15) is 17.3 Å². The van der Waals surface area contributed by atoms with Gasteiger partial charge in [0.05, 0.1) is 11.1 Å². The van der Waals surface area contributed by atoms with E-state index < -0.39 is 0 Å². The second-order valence-corrected chi connectivity index (χ2v) is 7.46. The Balaban J connectivity index is 1.41. The molecule has 142 valence electrons. The Morgan fingerprint density at radius 3 is 3.04 bits per heavy atom. The third-order valence-corrected chi connectivity index (χ3v) is 5.51. The molecule has 3 heterocycles. The lowest BCUT2D eigenvalue weighted by molar-refractivity contribution is 0.0922. The van der Waals surface area contributed by atoms with Crippen LogP contribution >= 0.6 is 0 Å². The first-order valence-corrected chi connectivity index (χ1v) is 9.73. The SMILES string of the molecule is Cc1oc2c(c1C(=O)NC[C@H]1CCCN(c3ccccn3)C1)C(=O)CCC2. The molecular weight excluding hydrogens is 342 g/mol. The number of hydrogen-bond acceptors (Lipinski definition) is 5. The standard InChI is InChI=1S/C21H25N3O3/c1-14-19(20-16(25)7-4-8-17(20)27-14)21(26)23-12-15-6-5-11-24(13-15)18-9-2-3-10-22-18/h2-3,9-10,15H,4-8,11-13H2,1H3,(H,23,26)/t15-/m1/s1. The maximum Gasteiger partial charge on any atom is 0.255 e. The van der Waals surface area contributed by atoms with E-state index in [0.717, 1.165) is 44.6 Å². The Morgan fingerprint density at radius 2 is 2.22 bits per heavy atom. The van der Waals surface area contributed by atoms with Gasteiger partial charge in [-0.2, -0.15) is 0 Å². The maximum absolute atomic E-state index is 12.8. The molecule has 0 bridgehead atoms. The Kier molecular flexibility index (Phi) is 4.97. The van der Waals surface area contributed by atoms with Crippen LogP contribution < -0.4 is 10.2 Å². The fraction of sp³-hybridized carbons (Fsp3) is 0.476. The third-order valence-electron chi connectivity index (χ3n) is 5.51. The molecule has 1 saturated heterocycles. The average molecular weight is 367 g/mol. The van der Waals surface area contributed by atoms with Crippen molar-refractivity contribution < 1.29 is 14.0 Å². The maximum atomic E-state index is 12.8. The second-order valence-electron chi connectivity index (χ2n) is 7.46. The number of nitrogens with zero attached hydrogens (tertiary/aromatic N) is 2. The molecule has 0 unspecified atom stereocenters. The number of piperidine rings is 1. The highest BCUT2D eigenvalue weighted by molar-refractivity contribution is 6.10. The highest BCUT2D eigenvalue weighted by atomic mass is 16.3. The van der Waals surface area contributed by atoms with Crippen LogP contribution in [-0.2, 0) is 6.42 Å². The number of fused-ring (bicyclic) bond motifs is 1. The number of carbonyl (C=O) groups excluding carboxylic acids is 2. The lowest BCUT2D eigenvalue weighted by Gasteiger charge is -2.33. The lowest BCUT2D eigenvalue weighted by Crippen LogP contribution is -2.41. The van der Waals surface area contributed by atoms with E-state index in [2.05, 4.69) is 15.2 Å². The van der Waals surface area contributed by atoms with E-state index in [-0.39, 0.29) is 11.7 Å². The molecule has 0 saturated carbocycles. The van der Waals surface area contributed by atoms with Crippen LogP contribution in [0.5, 0.6) is 0 Å². The van der Waals surface area contributed by atoms with Gasteiger partial charge in [-0.1, -0.05) is 6.07 Å². The summed E-state index contributed by atoms with van der Waals surface area (Å²) in [5.41, 5.74) is 0.946. The molecular formula is C21H25N3O3. The zero-order valence-electron chi connectivity index (χ0n) is 15.7. The van der Waals surface area contributed by atoms with Gasteiger partial charge in [-0.05, 0) is 44.2 Å². The Labute approximate surface area is 159 Å². The molecule has 1 aliphatic heterocycles. The molecule has 27 heavy (non-hydrogen) atoms. The smallest absolute Gasteiger partial charge is 0.255 e. The van der Waals surface area contributed by atoms with Crippen molar-refractivity contribution in [3.8, 4) is 0 Å². The largest absolute Gasteiger partial charge is 0.465 e. The number of nitrogens with one attached hydrogen (secondary N) is 1. The molecule has 2 aliphatic rings. The van der Waals surface area contributed by atoms with Crippen LogP contribution in [0.15, 0.2) is 28.8 Å². The van der Waals surface area contributed by atoms with Gasteiger partial charge < -0.3 is 14.6 Å². The van der Waals surface area contributed by atoms with E-state index in [9.17, 15) is 9.59 Å². The molecule has 1 amide bonds. The highest BCUT2D eigenvalue weighted by Crippen LogP contribution is 2.29.